The number of amides is 1. The molecule has 2 N–H and O–H groups in total. The first-order chi connectivity index (χ1) is 17.8. The highest BCUT2D eigenvalue weighted by Crippen LogP contribution is 2.27. The van der Waals surface area contributed by atoms with Gasteiger partial charge in [-0.1, -0.05) is 19.8 Å². The van der Waals surface area contributed by atoms with Crippen LogP contribution >= 0.6 is 0 Å². The molecular formula is C26H32N6O6. The number of nitrogens with one attached hydrogen (secondary N) is 2. The topological polar surface area (TPSA) is 154 Å². The number of aryl methyl sites for hydroxylation is 1. The second-order valence-electron chi connectivity index (χ2n) is 10.6. The van der Waals surface area contributed by atoms with Crippen LogP contribution in [0.3, 0.4) is 0 Å². The molecule has 0 unspecified atom stereocenters. The van der Waals surface area contributed by atoms with Crippen LogP contribution in [0.5, 0.6) is 0 Å². The van der Waals surface area contributed by atoms with Crippen molar-refractivity contribution in [2.24, 2.45) is 10.8 Å². The maximum absolute atomic E-state index is 12.7. The predicted molar refractivity (Wildman–Crippen MR) is 142 cm³/mol. The Morgan fingerprint density at radius 1 is 1.26 bits per heavy atom. The molecule has 0 radical (unpaired) electrons. The fourth-order valence-electron chi connectivity index (χ4n) is 3.77. The molecule has 12 heteroatoms. The predicted octanol–water partition coefficient (Wildman–Crippen LogP) is 2.38. The third-order valence-electron chi connectivity index (χ3n) is 5.95. The lowest BCUT2D eigenvalue weighted by molar-refractivity contribution is -0.384. The van der Waals surface area contributed by atoms with Crippen molar-refractivity contribution in [3.63, 3.8) is 0 Å². The van der Waals surface area contributed by atoms with Crippen LogP contribution in [0.2, 0.25) is 0 Å². The van der Waals surface area contributed by atoms with E-state index in [1.165, 1.54) is 40.0 Å². The van der Waals surface area contributed by atoms with E-state index < -0.39 is 16.0 Å². The maximum Gasteiger partial charge on any atom is 0.316 e. The molecule has 0 saturated carbocycles. The summed E-state index contributed by atoms with van der Waals surface area (Å²) in [6, 6.07) is 2.67. The third-order valence-corrected chi connectivity index (χ3v) is 5.95. The minimum absolute atomic E-state index is 0.0710. The number of carbonyl (C=O) groups is 1. The van der Waals surface area contributed by atoms with Crippen LogP contribution in [-0.2, 0) is 16.1 Å². The Morgan fingerprint density at radius 2 is 2.00 bits per heavy atom. The molecule has 0 fully saturated rings. The van der Waals surface area contributed by atoms with E-state index in [-0.39, 0.29) is 53.0 Å². The number of carbonyl (C=O) groups excluding carboxylic acids is 1. The summed E-state index contributed by atoms with van der Waals surface area (Å²) in [5.74, 6) is 2.47. The number of rotatable bonds is 12. The summed E-state index contributed by atoms with van der Waals surface area (Å²) in [6.07, 6.45) is 10.3. The quantitative estimate of drug-likeness (QED) is 0.160. The van der Waals surface area contributed by atoms with Gasteiger partial charge in [-0.25, -0.2) is 4.98 Å². The lowest BCUT2D eigenvalue weighted by atomic mass is 9.93. The van der Waals surface area contributed by atoms with E-state index >= 15 is 0 Å². The SMILES string of the molecule is C#CC(C)(C)COCC(C)(C)CNC(=O)CCCn1c(=O)c(=O)[nH]c2cc([N+](=O)[O-])c(-n3ccnc3)cc21. The van der Waals surface area contributed by atoms with E-state index in [4.69, 9.17) is 11.2 Å². The van der Waals surface area contributed by atoms with Gasteiger partial charge in [-0.2, -0.15) is 0 Å². The Bertz CT molecular complexity index is 1480. The fraction of sp³-hybridized carbons (Fsp3) is 0.462. The van der Waals surface area contributed by atoms with Gasteiger partial charge in [0.05, 0.1) is 35.5 Å². The van der Waals surface area contributed by atoms with Gasteiger partial charge in [0.15, 0.2) is 0 Å². The average Bonchev–Trinajstić information content (AvgIpc) is 3.39. The first-order valence-electron chi connectivity index (χ1n) is 12.1. The number of hydrogen-bond donors (Lipinski definition) is 2. The Morgan fingerprint density at radius 3 is 2.63 bits per heavy atom. The van der Waals surface area contributed by atoms with Crippen molar-refractivity contribution < 1.29 is 14.5 Å². The Balaban J connectivity index is 1.70. The van der Waals surface area contributed by atoms with Crippen molar-refractivity contribution >= 4 is 22.6 Å². The summed E-state index contributed by atoms with van der Waals surface area (Å²) in [4.78, 5) is 54.8. The second-order valence-corrected chi connectivity index (χ2v) is 10.6. The summed E-state index contributed by atoms with van der Waals surface area (Å²) in [6.45, 7) is 9.04. The van der Waals surface area contributed by atoms with E-state index in [0.717, 1.165) is 0 Å². The van der Waals surface area contributed by atoms with E-state index in [0.29, 0.717) is 25.3 Å². The number of fused-ring (bicyclic) bond motifs is 1. The molecule has 0 aliphatic heterocycles. The van der Waals surface area contributed by atoms with Crippen LogP contribution in [0.15, 0.2) is 40.4 Å². The van der Waals surface area contributed by atoms with Crippen molar-refractivity contribution in [2.45, 2.75) is 47.1 Å². The largest absolute Gasteiger partial charge is 0.379 e. The smallest absolute Gasteiger partial charge is 0.316 e. The highest BCUT2D eigenvalue weighted by molar-refractivity contribution is 5.82. The minimum atomic E-state index is -0.901. The van der Waals surface area contributed by atoms with Crippen molar-refractivity contribution in [2.75, 3.05) is 19.8 Å². The zero-order valence-electron chi connectivity index (χ0n) is 21.9. The molecule has 0 bridgehead atoms. The molecule has 0 saturated heterocycles. The van der Waals surface area contributed by atoms with Gasteiger partial charge < -0.3 is 24.2 Å². The van der Waals surface area contributed by atoms with E-state index in [1.54, 1.807) is 0 Å². The van der Waals surface area contributed by atoms with Crippen molar-refractivity contribution in [1.82, 2.24) is 24.4 Å². The van der Waals surface area contributed by atoms with E-state index in [1.807, 2.05) is 27.7 Å². The van der Waals surface area contributed by atoms with Crippen LogP contribution in [0.1, 0.15) is 40.5 Å². The number of aromatic amines is 1. The molecule has 38 heavy (non-hydrogen) atoms. The van der Waals surface area contributed by atoms with Crippen LogP contribution in [0.4, 0.5) is 5.69 Å². The number of benzene rings is 1. The molecule has 2 heterocycles. The standard InChI is InChI=1S/C26H32N6O6/c1-6-25(2,3)15-38-16-26(4,5)14-28-22(33)8-7-10-31-19-13-20(30-11-9-27-17-30)21(32(36)37)12-18(19)29-23(34)24(31)35/h1,9,11-13,17H,7-8,10,14-16H2,2-5H3,(H,28,33)(H,29,34). The average molecular weight is 525 g/mol. The highest BCUT2D eigenvalue weighted by atomic mass is 16.6. The molecular weight excluding hydrogens is 492 g/mol. The van der Waals surface area contributed by atoms with Gasteiger partial charge in [0, 0.05) is 48.8 Å². The number of H-pyrrole nitrogens is 1. The summed E-state index contributed by atoms with van der Waals surface area (Å²) in [5.41, 5.74) is -2.03. The Labute approximate surface area is 219 Å². The van der Waals surface area contributed by atoms with Gasteiger partial charge >= 0.3 is 11.1 Å². The second kappa shape index (κ2) is 11.4. The van der Waals surface area contributed by atoms with Gasteiger partial charge in [0.2, 0.25) is 5.91 Å². The van der Waals surface area contributed by atoms with Crippen LogP contribution in [0, 0.1) is 33.3 Å². The fourth-order valence-corrected chi connectivity index (χ4v) is 3.77. The molecule has 12 nitrogen and oxygen atoms in total. The first kappa shape index (κ1) is 28.3. The van der Waals surface area contributed by atoms with Gasteiger partial charge in [-0.3, -0.25) is 24.5 Å². The molecule has 0 spiro atoms. The summed E-state index contributed by atoms with van der Waals surface area (Å²) >= 11 is 0. The number of aromatic nitrogens is 4. The van der Waals surface area contributed by atoms with E-state index in [9.17, 15) is 24.5 Å². The Hall–Kier alpha value is -4.24. The third kappa shape index (κ3) is 6.95. The number of nitro groups is 1. The molecule has 3 aromatic rings. The van der Waals surface area contributed by atoms with Gasteiger partial charge in [0.1, 0.15) is 5.69 Å². The number of terminal acetylenes is 1. The summed E-state index contributed by atoms with van der Waals surface area (Å²) < 4.78 is 8.42. The van der Waals surface area contributed by atoms with Gasteiger partial charge in [0.25, 0.3) is 5.69 Å². The normalized spacial score (nSPS) is 11.9. The zero-order valence-corrected chi connectivity index (χ0v) is 21.9. The maximum atomic E-state index is 12.7. The zero-order chi connectivity index (χ0) is 28.1. The van der Waals surface area contributed by atoms with Crippen LogP contribution in [-0.4, -0.2) is 49.7 Å². The lowest BCUT2D eigenvalue weighted by Crippen LogP contribution is -2.38. The molecule has 1 aromatic carbocycles. The first-order valence-corrected chi connectivity index (χ1v) is 12.1. The molecule has 3 rings (SSSR count). The molecule has 0 atom stereocenters. The summed E-state index contributed by atoms with van der Waals surface area (Å²) in [5, 5.41) is 14.5. The van der Waals surface area contributed by atoms with Gasteiger partial charge in [-0.05, 0) is 26.3 Å². The minimum Gasteiger partial charge on any atom is -0.379 e. The van der Waals surface area contributed by atoms with Crippen molar-refractivity contribution in [1.29, 1.82) is 0 Å². The monoisotopic (exact) mass is 524 g/mol. The number of nitro benzene ring substituents is 1. The van der Waals surface area contributed by atoms with Crippen LogP contribution < -0.4 is 16.4 Å². The molecule has 1 amide bonds. The molecule has 2 aromatic heterocycles. The molecule has 202 valence electrons. The lowest BCUT2D eigenvalue weighted by Gasteiger charge is -2.27. The number of imidazole rings is 1. The van der Waals surface area contributed by atoms with Crippen molar-refractivity contribution in [3.8, 4) is 18.0 Å². The van der Waals surface area contributed by atoms with Gasteiger partial charge in [-0.15, -0.1) is 6.42 Å². The number of ether oxygens (including phenoxy) is 1. The number of nitrogens with zero attached hydrogens (tertiary/aromatic N) is 4. The summed E-state index contributed by atoms with van der Waals surface area (Å²) in [7, 11) is 0. The van der Waals surface area contributed by atoms with Crippen LogP contribution in [0.25, 0.3) is 16.7 Å². The highest BCUT2D eigenvalue weighted by Gasteiger charge is 2.23. The van der Waals surface area contributed by atoms with Crippen molar-refractivity contribution in [3.05, 3.63) is 61.7 Å². The molecule has 0 aliphatic carbocycles. The number of hydrogen-bond acceptors (Lipinski definition) is 7. The van der Waals surface area contributed by atoms with E-state index in [2.05, 4.69) is 21.2 Å². The molecule has 0 aliphatic rings. The Kier molecular flexibility index (Phi) is 8.53.